The molecule has 4 amide bonds. The summed E-state index contributed by atoms with van der Waals surface area (Å²) >= 11 is 0. The van der Waals surface area contributed by atoms with Crippen molar-refractivity contribution in [2.75, 3.05) is 41.4 Å². The van der Waals surface area contributed by atoms with Crippen molar-refractivity contribution < 1.29 is 38.6 Å². The zero-order valence-electron chi connectivity index (χ0n) is 37.6. The molecule has 58 heavy (non-hydrogen) atoms. The number of likely N-dealkylation sites (tertiary alicyclic amines) is 1. The van der Waals surface area contributed by atoms with Crippen LogP contribution in [0.5, 0.6) is 0 Å². The average molecular weight is 817 g/mol. The van der Waals surface area contributed by atoms with Crippen molar-refractivity contribution >= 4 is 29.6 Å². The van der Waals surface area contributed by atoms with Crippen molar-refractivity contribution in [3.05, 3.63) is 35.9 Å². The lowest BCUT2D eigenvalue weighted by Gasteiger charge is -2.41. The van der Waals surface area contributed by atoms with E-state index in [1.807, 2.05) is 83.8 Å². The highest BCUT2D eigenvalue weighted by molar-refractivity contribution is 5.90. The molecule has 1 aliphatic rings. The van der Waals surface area contributed by atoms with Gasteiger partial charge in [-0.15, -0.1) is 0 Å². The van der Waals surface area contributed by atoms with Gasteiger partial charge in [0.05, 0.1) is 42.7 Å². The molecular formula is C44H76N6O8. The third kappa shape index (κ3) is 13.7. The van der Waals surface area contributed by atoms with E-state index in [0.29, 0.717) is 32.4 Å². The smallest absolute Gasteiger partial charge is 0.326 e. The summed E-state index contributed by atoms with van der Waals surface area (Å²) in [5, 5.41) is 15.7. The highest BCUT2D eigenvalue weighted by Gasteiger charge is 2.43. The summed E-state index contributed by atoms with van der Waals surface area (Å²) in [6.07, 6.45) is 0.739. The number of carboxylic acid groups (broad SMARTS) is 1. The van der Waals surface area contributed by atoms with Gasteiger partial charge in [-0.2, -0.15) is 0 Å². The molecule has 0 aromatic heterocycles. The Morgan fingerprint density at radius 3 is 2.02 bits per heavy atom. The van der Waals surface area contributed by atoms with E-state index >= 15 is 0 Å². The van der Waals surface area contributed by atoms with E-state index < -0.39 is 60.2 Å². The molecule has 330 valence electrons. The number of hydrogen-bond donors (Lipinski definition) is 4. The lowest BCUT2D eigenvalue weighted by Crippen LogP contribution is -2.60. The molecule has 0 aliphatic carbocycles. The normalized spacial score (nSPS) is 19.3. The van der Waals surface area contributed by atoms with Gasteiger partial charge < -0.3 is 40.7 Å². The monoisotopic (exact) mass is 817 g/mol. The van der Waals surface area contributed by atoms with Crippen LogP contribution in [0.4, 0.5) is 0 Å². The molecule has 0 radical (unpaired) electrons. The highest BCUT2D eigenvalue weighted by atomic mass is 16.5. The Hall–Kier alpha value is -3.59. The number of carbonyl (C=O) groups excluding carboxylic acids is 4. The number of nitrogens with zero attached hydrogens (tertiary/aromatic N) is 3. The van der Waals surface area contributed by atoms with Crippen molar-refractivity contribution in [1.82, 2.24) is 25.3 Å². The minimum atomic E-state index is -1.14. The second-order valence-corrected chi connectivity index (χ2v) is 17.4. The fourth-order valence-electron chi connectivity index (χ4n) is 8.30. The van der Waals surface area contributed by atoms with Crippen molar-refractivity contribution in [2.24, 2.45) is 35.3 Å². The molecule has 1 aromatic rings. The number of likely N-dealkylation sites (N-methyl/N-ethyl adjacent to an activating group) is 2. The van der Waals surface area contributed by atoms with Gasteiger partial charge in [-0.25, -0.2) is 4.79 Å². The quantitative estimate of drug-likeness (QED) is 0.120. The van der Waals surface area contributed by atoms with Crippen LogP contribution in [0.25, 0.3) is 0 Å². The van der Waals surface area contributed by atoms with Crippen LogP contribution in [0.2, 0.25) is 0 Å². The Labute approximate surface area is 348 Å². The molecule has 1 heterocycles. The van der Waals surface area contributed by atoms with Crippen molar-refractivity contribution in [1.29, 1.82) is 0 Å². The van der Waals surface area contributed by atoms with Crippen LogP contribution >= 0.6 is 0 Å². The summed E-state index contributed by atoms with van der Waals surface area (Å²) < 4.78 is 11.9. The molecule has 1 saturated heterocycles. The van der Waals surface area contributed by atoms with Crippen LogP contribution in [-0.4, -0.2) is 139 Å². The first kappa shape index (κ1) is 50.6. The number of methoxy groups -OCH3 is 2. The lowest BCUT2D eigenvalue weighted by molar-refractivity contribution is -0.148. The van der Waals surface area contributed by atoms with Gasteiger partial charge in [0.2, 0.25) is 23.6 Å². The number of aliphatic carboxylic acids is 1. The van der Waals surface area contributed by atoms with E-state index in [9.17, 15) is 29.1 Å². The predicted molar refractivity (Wildman–Crippen MR) is 227 cm³/mol. The van der Waals surface area contributed by atoms with Crippen LogP contribution in [0.1, 0.15) is 93.6 Å². The maximum atomic E-state index is 14.4. The molecule has 0 saturated carbocycles. The maximum Gasteiger partial charge on any atom is 0.326 e. The summed E-state index contributed by atoms with van der Waals surface area (Å²) in [5.74, 6) is -3.16. The summed E-state index contributed by atoms with van der Waals surface area (Å²) in [7, 11) is 6.64. The number of nitrogens with two attached hydrogens (primary N) is 1. The number of nitrogens with one attached hydrogen (secondary N) is 2. The maximum absolute atomic E-state index is 14.4. The van der Waals surface area contributed by atoms with Gasteiger partial charge in [0.25, 0.3) is 0 Å². The Kier molecular flexibility index (Phi) is 20.8. The Morgan fingerprint density at radius 1 is 0.897 bits per heavy atom. The van der Waals surface area contributed by atoms with Gasteiger partial charge in [0.1, 0.15) is 12.1 Å². The van der Waals surface area contributed by atoms with Crippen LogP contribution in [0.15, 0.2) is 30.3 Å². The molecule has 1 fully saturated rings. The second kappa shape index (κ2) is 23.9. The summed E-state index contributed by atoms with van der Waals surface area (Å²) in [6.45, 7) is 18.6. The molecule has 10 atom stereocenters. The van der Waals surface area contributed by atoms with E-state index in [4.69, 9.17) is 15.2 Å². The largest absolute Gasteiger partial charge is 0.480 e. The fraction of sp³-hybridized carbons (Fsp3) is 0.750. The molecule has 14 heteroatoms. The van der Waals surface area contributed by atoms with Crippen LogP contribution in [0, 0.1) is 29.6 Å². The van der Waals surface area contributed by atoms with Crippen molar-refractivity contribution in [2.45, 2.75) is 143 Å². The second-order valence-electron chi connectivity index (χ2n) is 17.4. The van der Waals surface area contributed by atoms with Gasteiger partial charge in [0, 0.05) is 46.8 Å². The zero-order valence-corrected chi connectivity index (χ0v) is 37.6. The van der Waals surface area contributed by atoms with Crippen LogP contribution in [0.3, 0.4) is 0 Å². The molecule has 5 N–H and O–H groups in total. The van der Waals surface area contributed by atoms with Gasteiger partial charge in [0.15, 0.2) is 0 Å². The van der Waals surface area contributed by atoms with E-state index in [1.54, 1.807) is 30.9 Å². The summed E-state index contributed by atoms with van der Waals surface area (Å²) in [6, 6.07) is 5.60. The number of rotatable bonds is 24. The number of carboxylic acids is 1. The molecule has 0 bridgehead atoms. The first-order chi connectivity index (χ1) is 27.2. The number of hydrogen-bond acceptors (Lipinski definition) is 9. The number of amides is 4. The molecule has 14 nitrogen and oxygen atoms in total. The topological polar surface area (TPSA) is 184 Å². The van der Waals surface area contributed by atoms with Crippen molar-refractivity contribution in [3.63, 3.8) is 0 Å². The molecule has 0 spiro atoms. The third-order valence-corrected chi connectivity index (χ3v) is 12.1. The number of carbonyl (C=O) groups is 5. The molecular weight excluding hydrogens is 741 g/mol. The first-order valence-corrected chi connectivity index (χ1v) is 21.2. The SMILES string of the molecule is CC[C@H](C)[C@@H]([C@@H](CC(=O)N1CCC[C@H]1[C@H](OC)[C@@H](C)C(=O)N[C@@H](Cc1ccccc1)C(=O)O)OC)N(C)C(=O)[C@@H](NC(=O)[C@H](C(C)C)N(C)C[C@H](N)C(C)C)C(C)C. The van der Waals surface area contributed by atoms with Gasteiger partial charge in [-0.1, -0.05) is 99.1 Å². The van der Waals surface area contributed by atoms with Crippen LogP contribution in [-0.2, 0) is 39.9 Å². The fourth-order valence-corrected chi connectivity index (χ4v) is 8.30. The summed E-state index contributed by atoms with van der Waals surface area (Å²) in [5.41, 5.74) is 7.15. The van der Waals surface area contributed by atoms with Crippen molar-refractivity contribution in [3.8, 4) is 0 Å². The lowest BCUT2D eigenvalue weighted by atomic mass is 9.89. The van der Waals surface area contributed by atoms with Crippen LogP contribution < -0.4 is 16.4 Å². The van der Waals surface area contributed by atoms with E-state index in [-0.39, 0.29) is 60.3 Å². The van der Waals surface area contributed by atoms with E-state index in [2.05, 4.69) is 24.5 Å². The molecule has 1 aliphatic heterocycles. The zero-order chi connectivity index (χ0) is 44.0. The average Bonchev–Trinajstić information content (AvgIpc) is 3.65. The minimum Gasteiger partial charge on any atom is -0.480 e. The Bertz CT molecular complexity index is 1460. The van der Waals surface area contributed by atoms with E-state index in [0.717, 1.165) is 5.56 Å². The standard InChI is InChI=1S/C44H76N6O8/c1-14-29(8)39(49(11)43(54)37(27(4)5)47-42(53)38(28(6)7)48(10)25-32(45)26(2)3)35(57-12)24-36(51)50-22-18-21-34(50)40(58-13)30(9)41(52)46-33(44(55)56)23-31-19-16-15-17-20-31/h15-17,19-20,26-30,32-35,37-40H,14,18,21-25,45H2,1-13H3,(H,46,52)(H,47,53)(H,55,56)/t29-,30+,32-,33-,34-,35+,37-,38-,39-,40+/m0/s1. The highest BCUT2D eigenvalue weighted by Crippen LogP contribution is 2.30. The first-order valence-electron chi connectivity index (χ1n) is 21.2. The Balaban J connectivity index is 2.29. The van der Waals surface area contributed by atoms with Gasteiger partial charge in [-0.05, 0) is 49.1 Å². The Morgan fingerprint density at radius 2 is 1.52 bits per heavy atom. The number of benzene rings is 1. The van der Waals surface area contributed by atoms with E-state index in [1.165, 1.54) is 7.11 Å². The molecule has 1 aromatic carbocycles. The number of ether oxygens (including phenoxy) is 2. The molecule has 2 rings (SSSR count). The van der Waals surface area contributed by atoms with Gasteiger partial charge in [-0.3, -0.25) is 24.1 Å². The predicted octanol–water partition coefficient (Wildman–Crippen LogP) is 3.80. The summed E-state index contributed by atoms with van der Waals surface area (Å²) in [4.78, 5) is 73.6. The minimum absolute atomic E-state index is 0.0240. The third-order valence-electron chi connectivity index (χ3n) is 12.1. The molecule has 0 unspecified atom stereocenters. The van der Waals surface area contributed by atoms with Gasteiger partial charge >= 0.3 is 5.97 Å².